The summed E-state index contributed by atoms with van der Waals surface area (Å²) in [6.45, 7) is 7.26. The smallest absolute Gasteiger partial charge is 0.159 e. The van der Waals surface area contributed by atoms with Crippen LogP contribution in [-0.4, -0.2) is 29.6 Å². The van der Waals surface area contributed by atoms with E-state index in [-0.39, 0.29) is 17.9 Å². The monoisotopic (exact) mass is 261 g/mol. The van der Waals surface area contributed by atoms with Crippen molar-refractivity contribution in [2.75, 3.05) is 18.1 Å². The first-order chi connectivity index (χ1) is 8.94. The Balaban J connectivity index is 2.19. The number of aliphatic hydroxyl groups is 1. The Kier molecular flexibility index (Phi) is 3.95. The van der Waals surface area contributed by atoms with Crippen LogP contribution in [0, 0.1) is 5.92 Å². The molecular weight excluding hydrogens is 238 g/mol. The molecule has 1 saturated heterocycles. The van der Waals surface area contributed by atoms with Crippen LogP contribution in [0.1, 0.15) is 44.0 Å². The Morgan fingerprint density at radius 1 is 1.37 bits per heavy atom. The number of aliphatic hydroxyl groups excluding tert-OH is 1. The third-order valence-corrected chi connectivity index (χ3v) is 4.12. The van der Waals surface area contributed by atoms with Gasteiger partial charge in [0.05, 0.1) is 0 Å². The molecule has 0 spiro atoms. The molecule has 2 rings (SSSR count). The van der Waals surface area contributed by atoms with Crippen molar-refractivity contribution in [1.29, 1.82) is 0 Å². The molecule has 0 bridgehead atoms. The molecule has 0 amide bonds. The third kappa shape index (κ3) is 2.98. The maximum atomic E-state index is 11.3. The number of hydrogen-bond acceptors (Lipinski definition) is 3. The molecule has 0 aromatic heterocycles. The van der Waals surface area contributed by atoms with Crippen LogP contribution in [0.15, 0.2) is 24.3 Å². The highest BCUT2D eigenvalue weighted by atomic mass is 16.3. The molecule has 1 aliphatic rings. The van der Waals surface area contributed by atoms with Crippen molar-refractivity contribution < 1.29 is 9.90 Å². The number of carbonyl (C=O) groups excluding carboxylic acids is 1. The normalized spacial score (nSPS) is 22.3. The zero-order valence-electron chi connectivity index (χ0n) is 12.0. The average Bonchev–Trinajstić information content (AvgIpc) is 2.37. The van der Waals surface area contributed by atoms with E-state index in [0.717, 1.165) is 30.6 Å². The van der Waals surface area contributed by atoms with Gasteiger partial charge in [0.2, 0.25) is 0 Å². The topological polar surface area (TPSA) is 40.5 Å². The fraction of sp³-hybridized carbons (Fsp3) is 0.562. The van der Waals surface area contributed by atoms with Gasteiger partial charge in [-0.3, -0.25) is 4.79 Å². The average molecular weight is 261 g/mol. The summed E-state index contributed by atoms with van der Waals surface area (Å²) in [6, 6.07) is 7.84. The first kappa shape index (κ1) is 14.1. The van der Waals surface area contributed by atoms with Crippen molar-refractivity contribution in [2.45, 2.75) is 39.2 Å². The van der Waals surface area contributed by atoms with Crippen molar-refractivity contribution in [3.63, 3.8) is 0 Å². The van der Waals surface area contributed by atoms with E-state index in [0.29, 0.717) is 5.92 Å². The molecule has 1 unspecified atom stereocenters. The number of benzene rings is 1. The maximum absolute atomic E-state index is 11.3. The second kappa shape index (κ2) is 5.33. The highest BCUT2D eigenvalue weighted by Gasteiger charge is 2.34. The summed E-state index contributed by atoms with van der Waals surface area (Å²) < 4.78 is 0. The second-order valence-corrected chi connectivity index (χ2v) is 6.11. The van der Waals surface area contributed by atoms with E-state index in [4.69, 9.17) is 0 Å². The van der Waals surface area contributed by atoms with Gasteiger partial charge in [0, 0.05) is 29.9 Å². The van der Waals surface area contributed by atoms with Gasteiger partial charge in [-0.2, -0.15) is 0 Å². The minimum Gasteiger partial charge on any atom is -0.396 e. The van der Waals surface area contributed by atoms with Crippen LogP contribution in [0.25, 0.3) is 0 Å². The van der Waals surface area contributed by atoms with Crippen LogP contribution in [0.4, 0.5) is 5.69 Å². The number of hydrogen-bond donors (Lipinski definition) is 1. The van der Waals surface area contributed by atoms with Crippen LogP contribution < -0.4 is 4.90 Å². The van der Waals surface area contributed by atoms with Gasteiger partial charge >= 0.3 is 0 Å². The van der Waals surface area contributed by atoms with Gasteiger partial charge in [-0.05, 0) is 63.8 Å². The molecule has 1 aromatic carbocycles. The Morgan fingerprint density at radius 2 is 2.00 bits per heavy atom. The van der Waals surface area contributed by atoms with Gasteiger partial charge in [-0.25, -0.2) is 0 Å². The highest BCUT2D eigenvalue weighted by molar-refractivity contribution is 5.94. The highest BCUT2D eigenvalue weighted by Crippen LogP contribution is 2.35. The van der Waals surface area contributed by atoms with Crippen LogP contribution >= 0.6 is 0 Å². The van der Waals surface area contributed by atoms with Crippen LogP contribution in [0.2, 0.25) is 0 Å². The fourth-order valence-corrected chi connectivity index (χ4v) is 3.04. The predicted molar refractivity (Wildman–Crippen MR) is 77.7 cm³/mol. The first-order valence-corrected chi connectivity index (χ1v) is 6.93. The Hall–Kier alpha value is -1.35. The summed E-state index contributed by atoms with van der Waals surface area (Å²) >= 11 is 0. The number of ketones is 1. The quantitative estimate of drug-likeness (QED) is 0.851. The number of rotatable bonds is 3. The summed E-state index contributed by atoms with van der Waals surface area (Å²) in [6.07, 6.45) is 2.02. The van der Waals surface area contributed by atoms with E-state index >= 15 is 0 Å². The molecular formula is C16H23NO2. The maximum Gasteiger partial charge on any atom is 0.159 e. The molecule has 1 aliphatic heterocycles. The molecule has 3 nitrogen and oxygen atoms in total. The summed E-state index contributed by atoms with van der Waals surface area (Å²) in [5.41, 5.74) is 1.96. The largest absolute Gasteiger partial charge is 0.396 e. The van der Waals surface area contributed by atoms with E-state index in [1.807, 2.05) is 24.3 Å². The fourth-order valence-electron chi connectivity index (χ4n) is 3.04. The van der Waals surface area contributed by atoms with Crippen molar-refractivity contribution in [3.05, 3.63) is 29.8 Å². The second-order valence-electron chi connectivity index (χ2n) is 6.11. The summed E-state index contributed by atoms with van der Waals surface area (Å²) in [7, 11) is 0. The molecule has 1 N–H and O–H groups in total. The van der Waals surface area contributed by atoms with Crippen LogP contribution in [0.3, 0.4) is 0 Å². The molecule has 1 atom stereocenters. The minimum absolute atomic E-state index is 0.0450. The Labute approximate surface area is 115 Å². The Bertz CT molecular complexity index is 450. The lowest BCUT2D eigenvalue weighted by Crippen LogP contribution is -2.50. The number of piperidine rings is 1. The van der Waals surface area contributed by atoms with Gasteiger partial charge in [-0.1, -0.05) is 0 Å². The number of Topliss-reactive ketones (excluding diaryl/α,β-unsaturated/α-hetero) is 1. The van der Waals surface area contributed by atoms with E-state index in [1.54, 1.807) is 6.92 Å². The van der Waals surface area contributed by atoms with Crippen molar-refractivity contribution in [2.24, 2.45) is 5.92 Å². The molecule has 0 radical (unpaired) electrons. The van der Waals surface area contributed by atoms with Crippen molar-refractivity contribution in [1.82, 2.24) is 0 Å². The van der Waals surface area contributed by atoms with Gasteiger partial charge < -0.3 is 10.0 Å². The standard InChI is InChI=1S/C16H23NO2/c1-12(19)14-4-6-15(7-5-14)17-9-8-13(11-18)10-16(17,2)3/h4-7,13,18H,8-11H2,1-3H3. The molecule has 0 saturated carbocycles. The van der Waals surface area contributed by atoms with E-state index in [2.05, 4.69) is 18.7 Å². The summed E-state index contributed by atoms with van der Waals surface area (Å²) in [5.74, 6) is 0.507. The number of anilines is 1. The zero-order chi connectivity index (χ0) is 14.0. The van der Waals surface area contributed by atoms with E-state index in [1.165, 1.54) is 0 Å². The lowest BCUT2D eigenvalue weighted by atomic mass is 9.82. The number of carbonyl (C=O) groups is 1. The lowest BCUT2D eigenvalue weighted by molar-refractivity contribution is 0.101. The van der Waals surface area contributed by atoms with Crippen molar-refractivity contribution >= 4 is 11.5 Å². The van der Waals surface area contributed by atoms with Crippen molar-refractivity contribution in [3.8, 4) is 0 Å². The summed E-state index contributed by atoms with van der Waals surface area (Å²) in [5, 5.41) is 9.32. The first-order valence-electron chi connectivity index (χ1n) is 6.93. The van der Waals surface area contributed by atoms with E-state index in [9.17, 15) is 9.90 Å². The molecule has 1 heterocycles. The molecule has 19 heavy (non-hydrogen) atoms. The molecule has 1 aromatic rings. The van der Waals surface area contributed by atoms with Crippen LogP contribution in [0.5, 0.6) is 0 Å². The van der Waals surface area contributed by atoms with Gasteiger partial charge in [0.15, 0.2) is 5.78 Å². The number of nitrogens with zero attached hydrogens (tertiary/aromatic N) is 1. The van der Waals surface area contributed by atoms with Crippen LogP contribution in [-0.2, 0) is 0 Å². The molecule has 0 aliphatic carbocycles. The molecule has 3 heteroatoms. The summed E-state index contributed by atoms with van der Waals surface area (Å²) in [4.78, 5) is 13.7. The van der Waals surface area contributed by atoms with Gasteiger partial charge in [0.1, 0.15) is 0 Å². The molecule has 1 fully saturated rings. The van der Waals surface area contributed by atoms with Gasteiger partial charge in [0.25, 0.3) is 0 Å². The molecule has 104 valence electrons. The third-order valence-electron chi connectivity index (χ3n) is 4.12. The predicted octanol–water partition coefficient (Wildman–Crippen LogP) is 2.88. The zero-order valence-corrected chi connectivity index (χ0v) is 12.0. The minimum atomic E-state index is 0.0450. The SMILES string of the molecule is CC(=O)c1ccc(N2CCC(CO)CC2(C)C)cc1. The Morgan fingerprint density at radius 3 is 2.47 bits per heavy atom. The lowest BCUT2D eigenvalue weighted by Gasteiger charge is -2.47. The van der Waals surface area contributed by atoms with E-state index < -0.39 is 0 Å². The van der Waals surface area contributed by atoms with Gasteiger partial charge in [-0.15, -0.1) is 0 Å².